The van der Waals surface area contributed by atoms with Crippen molar-refractivity contribution in [1.29, 1.82) is 0 Å². The number of hydrogen-bond acceptors (Lipinski definition) is 2. The summed E-state index contributed by atoms with van der Waals surface area (Å²) >= 11 is 0. The molecule has 1 aromatic rings. The van der Waals surface area contributed by atoms with Gasteiger partial charge in [0.15, 0.2) is 0 Å². The van der Waals surface area contributed by atoms with Crippen LogP contribution in [0.1, 0.15) is 44.6 Å². The van der Waals surface area contributed by atoms with E-state index in [2.05, 4.69) is 48.3 Å². The normalized spacial score (nSPS) is 24.7. The van der Waals surface area contributed by atoms with E-state index < -0.39 is 0 Å². The molecule has 1 atom stereocenters. The highest BCUT2D eigenvalue weighted by Gasteiger charge is 2.34. The molecule has 0 radical (unpaired) electrons. The average Bonchev–Trinajstić information content (AvgIpc) is 3.11. The number of likely N-dealkylation sites (tertiary alicyclic amines) is 1. The number of benzene rings is 1. The van der Waals surface area contributed by atoms with Crippen molar-refractivity contribution >= 4 is 5.69 Å². The molecule has 98 valence electrons. The van der Waals surface area contributed by atoms with Crippen molar-refractivity contribution in [1.82, 2.24) is 4.90 Å². The molecular formula is C16H24N2. The number of anilines is 1. The second-order valence-electron chi connectivity index (χ2n) is 6.10. The van der Waals surface area contributed by atoms with Gasteiger partial charge < -0.3 is 5.32 Å². The largest absolute Gasteiger partial charge is 0.381 e. The van der Waals surface area contributed by atoms with Crippen LogP contribution in [0.15, 0.2) is 24.3 Å². The lowest BCUT2D eigenvalue weighted by Gasteiger charge is -2.20. The maximum atomic E-state index is 3.76. The van der Waals surface area contributed by atoms with Gasteiger partial charge in [0.1, 0.15) is 0 Å². The maximum Gasteiger partial charge on any atom is 0.0400 e. The highest BCUT2D eigenvalue weighted by atomic mass is 15.2. The van der Waals surface area contributed by atoms with Crippen molar-refractivity contribution < 1.29 is 0 Å². The van der Waals surface area contributed by atoms with Crippen LogP contribution in [-0.2, 0) is 0 Å². The van der Waals surface area contributed by atoms with Crippen LogP contribution in [0.2, 0.25) is 0 Å². The second-order valence-corrected chi connectivity index (χ2v) is 6.10. The summed E-state index contributed by atoms with van der Waals surface area (Å²) in [7, 11) is 0. The average molecular weight is 244 g/mol. The van der Waals surface area contributed by atoms with E-state index in [0.717, 1.165) is 6.04 Å². The van der Waals surface area contributed by atoms with Crippen LogP contribution in [0.25, 0.3) is 0 Å². The Labute approximate surface area is 110 Å². The Bertz CT molecular complexity index is 409. The first kappa shape index (κ1) is 12.0. The summed E-state index contributed by atoms with van der Waals surface area (Å²) in [6.07, 6.45) is 4.15. The summed E-state index contributed by atoms with van der Waals surface area (Å²) in [6.45, 7) is 7.06. The third kappa shape index (κ3) is 2.54. The zero-order valence-electron chi connectivity index (χ0n) is 11.5. The SMILES string of the molecule is CC(C)c1ccccc1NC1CCN(C2CC2)C1. The molecule has 1 N–H and O–H groups in total. The highest BCUT2D eigenvalue weighted by molar-refractivity contribution is 5.53. The molecule has 1 unspecified atom stereocenters. The Kier molecular flexibility index (Phi) is 3.29. The number of nitrogens with zero attached hydrogens (tertiary/aromatic N) is 1. The molecule has 1 aromatic carbocycles. The van der Waals surface area contributed by atoms with Crippen LogP contribution in [0.3, 0.4) is 0 Å². The fourth-order valence-electron chi connectivity index (χ4n) is 3.03. The van der Waals surface area contributed by atoms with E-state index in [-0.39, 0.29) is 0 Å². The lowest BCUT2D eigenvalue weighted by atomic mass is 10.0. The molecular weight excluding hydrogens is 220 g/mol. The van der Waals surface area contributed by atoms with Gasteiger partial charge in [-0.1, -0.05) is 32.0 Å². The molecule has 1 heterocycles. The van der Waals surface area contributed by atoms with E-state index in [1.54, 1.807) is 0 Å². The van der Waals surface area contributed by atoms with Crippen molar-refractivity contribution in [3.63, 3.8) is 0 Å². The standard InChI is InChI=1S/C16H24N2/c1-12(2)15-5-3-4-6-16(15)17-13-9-10-18(11-13)14-7-8-14/h3-6,12-14,17H,7-11H2,1-2H3. The van der Waals surface area contributed by atoms with Crippen LogP contribution < -0.4 is 5.32 Å². The maximum absolute atomic E-state index is 3.76. The summed E-state index contributed by atoms with van der Waals surface area (Å²) in [5.41, 5.74) is 2.79. The molecule has 0 bridgehead atoms. The van der Waals surface area contributed by atoms with Gasteiger partial charge in [0.2, 0.25) is 0 Å². The summed E-state index contributed by atoms with van der Waals surface area (Å²) < 4.78 is 0. The van der Waals surface area contributed by atoms with Crippen LogP contribution in [0.5, 0.6) is 0 Å². The number of nitrogens with one attached hydrogen (secondary N) is 1. The van der Waals surface area contributed by atoms with Gasteiger partial charge in [-0.05, 0) is 36.8 Å². The van der Waals surface area contributed by atoms with Gasteiger partial charge >= 0.3 is 0 Å². The van der Waals surface area contributed by atoms with Crippen molar-refractivity contribution in [2.24, 2.45) is 0 Å². The monoisotopic (exact) mass is 244 g/mol. The Morgan fingerprint density at radius 3 is 2.67 bits per heavy atom. The predicted octanol–water partition coefficient (Wildman–Crippen LogP) is 3.46. The molecule has 2 fully saturated rings. The molecule has 1 aliphatic heterocycles. The first-order valence-corrected chi connectivity index (χ1v) is 7.33. The topological polar surface area (TPSA) is 15.3 Å². The third-order valence-electron chi connectivity index (χ3n) is 4.23. The van der Waals surface area contributed by atoms with Crippen LogP contribution in [-0.4, -0.2) is 30.1 Å². The number of rotatable bonds is 4. The van der Waals surface area contributed by atoms with Crippen LogP contribution in [0.4, 0.5) is 5.69 Å². The molecule has 3 rings (SSSR count). The summed E-state index contributed by atoms with van der Waals surface area (Å²) in [4.78, 5) is 2.66. The van der Waals surface area contributed by atoms with E-state index in [4.69, 9.17) is 0 Å². The first-order chi connectivity index (χ1) is 8.74. The summed E-state index contributed by atoms with van der Waals surface area (Å²) in [5.74, 6) is 0.592. The molecule has 1 saturated carbocycles. The van der Waals surface area contributed by atoms with E-state index in [1.807, 2.05) is 0 Å². The molecule has 1 saturated heterocycles. The predicted molar refractivity (Wildman–Crippen MR) is 77.2 cm³/mol. The van der Waals surface area contributed by atoms with Gasteiger partial charge in [-0.3, -0.25) is 4.90 Å². The van der Waals surface area contributed by atoms with Crippen LogP contribution >= 0.6 is 0 Å². The second kappa shape index (κ2) is 4.93. The van der Waals surface area contributed by atoms with E-state index in [0.29, 0.717) is 12.0 Å². The smallest absolute Gasteiger partial charge is 0.0400 e. The number of hydrogen-bond donors (Lipinski definition) is 1. The molecule has 1 aliphatic carbocycles. The molecule has 2 nitrogen and oxygen atoms in total. The molecule has 2 heteroatoms. The molecule has 18 heavy (non-hydrogen) atoms. The molecule has 0 amide bonds. The van der Waals surface area contributed by atoms with E-state index >= 15 is 0 Å². The lowest BCUT2D eigenvalue weighted by molar-refractivity contribution is 0.326. The fourth-order valence-corrected chi connectivity index (χ4v) is 3.03. The zero-order valence-corrected chi connectivity index (χ0v) is 11.5. The summed E-state index contributed by atoms with van der Waals surface area (Å²) in [6, 6.07) is 10.3. The quantitative estimate of drug-likeness (QED) is 0.872. The van der Waals surface area contributed by atoms with Crippen molar-refractivity contribution in [2.75, 3.05) is 18.4 Å². The third-order valence-corrected chi connectivity index (χ3v) is 4.23. The summed E-state index contributed by atoms with van der Waals surface area (Å²) in [5, 5.41) is 3.76. The van der Waals surface area contributed by atoms with Crippen molar-refractivity contribution in [3.05, 3.63) is 29.8 Å². The molecule has 0 aromatic heterocycles. The van der Waals surface area contributed by atoms with Gasteiger partial charge in [-0.2, -0.15) is 0 Å². The van der Waals surface area contributed by atoms with Crippen molar-refractivity contribution in [3.8, 4) is 0 Å². The molecule has 0 spiro atoms. The lowest BCUT2D eigenvalue weighted by Crippen LogP contribution is -2.28. The minimum atomic E-state index is 0.592. The minimum Gasteiger partial charge on any atom is -0.381 e. The number of para-hydroxylation sites is 1. The van der Waals surface area contributed by atoms with E-state index in [1.165, 1.54) is 43.6 Å². The Balaban J connectivity index is 1.65. The van der Waals surface area contributed by atoms with Gasteiger partial charge in [0.25, 0.3) is 0 Å². The zero-order chi connectivity index (χ0) is 12.5. The van der Waals surface area contributed by atoms with Gasteiger partial charge in [-0.15, -0.1) is 0 Å². The highest BCUT2D eigenvalue weighted by Crippen LogP contribution is 2.31. The van der Waals surface area contributed by atoms with E-state index in [9.17, 15) is 0 Å². The minimum absolute atomic E-state index is 0.592. The Morgan fingerprint density at radius 1 is 1.17 bits per heavy atom. The van der Waals surface area contributed by atoms with Gasteiger partial charge in [-0.25, -0.2) is 0 Å². The Hall–Kier alpha value is -1.02. The molecule has 2 aliphatic rings. The Morgan fingerprint density at radius 2 is 1.94 bits per heavy atom. The fraction of sp³-hybridized carbons (Fsp3) is 0.625. The van der Waals surface area contributed by atoms with Gasteiger partial charge in [0, 0.05) is 30.9 Å². The van der Waals surface area contributed by atoms with Crippen LogP contribution in [0, 0.1) is 0 Å². The van der Waals surface area contributed by atoms with Gasteiger partial charge in [0.05, 0.1) is 0 Å². The van der Waals surface area contributed by atoms with Crippen molar-refractivity contribution in [2.45, 2.75) is 51.1 Å². The first-order valence-electron chi connectivity index (χ1n) is 7.33.